The topological polar surface area (TPSA) is 17.1 Å². The van der Waals surface area contributed by atoms with E-state index < -0.39 is 0 Å². The number of allylic oxidation sites excluding steroid dienone is 1. The minimum atomic E-state index is 0.234. The van der Waals surface area contributed by atoms with E-state index in [0.717, 1.165) is 0 Å². The van der Waals surface area contributed by atoms with Crippen LogP contribution in [0, 0.1) is 11.8 Å². The van der Waals surface area contributed by atoms with Crippen LogP contribution in [0.3, 0.4) is 0 Å². The number of Topliss-reactive ketones (excluding diaryl/α,β-unsaturated/α-hetero) is 1. The molecule has 0 N–H and O–H groups in total. The Bertz CT molecular complexity index is 166. The molecular formula is C9H14O. The van der Waals surface area contributed by atoms with Gasteiger partial charge in [0, 0.05) is 5.92 Å². The summed E-state index contributed by atoms with van der Waals surface area (Å²) in [5, 5.41) is 0. The molecule has 1 unspecified atom stereocenters. The van der Waals surface area contributed by atoms with E-state index in [1.807, 2.05) is 6.92 Å². The Balaban J connectivity index is 2.46. The van der Waals surface area contributed by atoms with E-state index in [4.69, 9.17) is 0 Å². The predicted octanol–water partition coefficient (Wildman–Crippen LogP) is 2.18. The molecule has 0 saturated heterocycles. The van der Waals surface area contributed by atoms with Gasteiger partial charge >= 0.3 is 0 Å². The van der Waals surface area contributed by atoms with Gasteiger partial charge in [0.25, 0.3) is 0 Å². The first kappa shape index (κ1) is 7.52. The summed E-state index contributed by atoms with van der Waals surface area (Å²) in [5.41, 5.74) is 0.708. The number of carbonyl (C=O) groups excluding carboxylic acids is 1. The molecule has 56 valence electrons. The Kier molecular flexibility index (Phi) is 1.93. The van der Waals surface area contributed by atoms with E-state index >= 15 is 0 Å². The van der Waals surface area contributed by atoms with Gasteiger partial charge in [0.05, 0.1) is 0 Å². The third kappa shape index (κ3) is 1.47. The van der Waals surface area contributed by atoms with E-state index in [2.05, 4.69) is 6.58 Å². The van der Waals surface area contributed by atoms with Crippen LogP contribution in [0.2, 0.25) is 0 Å². The maximum atomic E-state index is 11.2. The summed E-state index contributed by atoms with van der Waals surface area (Å²) in [6, 6.07) is 0. The van der Waals surface area contributed by atoms with Crippen molar-refractivity contribution < 1.29 is 4.79 Å². The van der Waals surface area contributed by atoms with Crippen LogP contribution in [0.25, 0.3) is 0 Å². The van der Waals surface area contributed by atoms with E-state index in [9.17, 15) is 4.79 Å². The van der Waals surface area contributed by atoms with E-state index in [-0.39, 0.29) is 11.7 Å². The SMILES string of the molecule is C=C(C)C(=O)C(C)C1CC1. The average molecular weight is 138 g/mol. The highest BCUT2D eigenvalue weighted by Gasteiger charge is 2.32. The van der Waals surface area contributed by atoms with Gasteiger partial charge in [0.15, 0.2) is 5.78 Å². The van der Waals surface area contributed by atoms with Crippen molar-refractivity contribution in [2.24, 2.45) is 11.8 Å². The van der Waals surface area contributed by atoms with E-state index in [0.29, 0.717) is 11.5 Å². The van der Waals surface area contributed by atoms with Crippen molar-refractivity contribution >= 4 is 5.78 Å². The van der Waals surface area contributed by atoms with E-state index in [1.54, 1.807) is 6.92 Å². The molecule has 1 heteroatoms. The molecule has 0 bridgehead atoms. The second-order valence-electron chi connectivity index (χ2n) is 3.27. The monoisotopic (exact) mass is 138 g/mol. The quantitative estimate of drug-likeness (QED) is 0.546. The Morgan fingerprint density at radius 3 is 2.40 bits per heavy atom. The average Bonchev–Trinajstić information content (AvgIpc) is 2.65. The normalized spacial score (nSPS) is 20.2. The molecule has 1 aliphatic carbocycles. The lowest BCUT2D eigenvalue weighted by Gasteiger charge is -2.06. The Morgan fingerprint density at radius 1 is 1.60 bits per heavy atom. The summed E-state index contributed by atoms with van der Waals surface area (Å²) >= 11 is 0. The van der Waals surface area contributed by atoms with Crippen LogP contribution >= 0.6 is 0 Å². The molecule has 0 aliphatic heterocycles. The second-order valence-corrected chi connectivity index (χ2v) is 3.27. The molecule has 0 aromatic rings. The van der Waals surface area contributed by atoms with Crippen molar-refractivity contribution in [1.82, 2.24) is 0 Å². The smallest absolute Gasteiger partial charge is 0.161 e. The minimum Gasteiger partial charge on any atom is -0.294 e. The molecule has 1 nitrogen and oxygen atoms in total. The maximum absolute atomic E-state index is 11.2. The number of carbonyl (C=O) groups is 1. The lowest BCUT2D eigenvalue weighted by atomic mass is 9.97. The molecule has 0 spiro atoms. The van der Waals surface area contributed by atoms with Crippen LogP contribution in [0.15, 0.2) is 12.2 Å². The second kappa shape index (κ2) is 2.57. The van der Waals surface area contributed by atoms with Gasteiger partial charge in [-0.1, -0.05) is 13.5 Å². The van der Waals surface area contributed by atoms with Gasteiger partial charge in [-0.15, -0.1) is 0 Å². The number of rotatable bonds is 3. The summed E-state index contributed by atoms with van der Waals surface area (Å²) in [7, 11) is 0. The molecule has 0 radical (unpaired) electrons. The zero-order valence-corrected chi connectivity index (χ0v) is 6.68. The molecule has 1 atom stereocenters. The lowest BCUT2D eigenvalue weighted by Crippen LogP contribution is -2.12. The summed E-state index contributed by atoms with van der Waals surface area (Å²) in [5.74, 6) is 1.16. The van der Waals surface area contributed by atoms with Crippen molar-refractivity contribution in [3.8, 4) is 0 Å². The zero-order valence-electron chi connectivity index (χ0n) is 6.68. The van der Waals surface area contributed by atoms with Crippen LogP contribution in [-0.4, -0.2) is 5.78 Å². The van der Waals surface area contributed by atoms with Crippen molar-refractivity contribution in [3.63, 3.8) is 0 Å². The van der Waals surface area contributed by atoms with E-state index in [1.165, 1.54) is 12.8 Å². The zero-order chi connectivity index (χ0) is 7.72. The predicted molar refractivity (Wildman–Crippen MR) is 41.7 cm³/mol. The fourth-order valence-electron chi connectivity index (χ4n) is 1.20. The third-order valence-electron chi connectivity index (χ3n) is 2.16. The molecule has 10 heavy (non-hydrogen) atoms. The van der Waals surface area contributed by atoms with Crippen LogP contribution in [0.5, 0.6) is 0 Å². The molecule has 1 aliphatic rings. The number of hydrogen-bond acceptors (Lipinski definition) is 1. The van der Waals surface area contributed by atoms with Crippen molar-refractivity contribution in [1.29, 1.82) is 0 Å². The van der Waals surface area contributed by atoms with Crippen LogP contribution in [-0.2, 0) is 4.79 Å². The summed E-state index contributed by atoms with van der Waals surface area (Å²) in [6.45, 7) is 7.44. The first-order chi connectivity index (χ1) is 4.63. The van der Waals surface area contributed by atoms with Gasteiger partial charge in [0.1, 0.15) is 0 Å². The minimum absolute atomic E-state index is 0.234. The summed E-state index contributed by atoms with van der Waals surface area (Å²) in [6.07, 6.45) is 2.47. The Hall–Kier alpha value is -0.590. The van der Waals surface area contributed by atoms with Crippen LogP contribution < -0.4 is 0 Å². The van der Waals surface area contributed by atoms with Gasteiger partial charge < -0.3 is 0 Å². The highest BCUT2D eigenvalue weighted by atomic mass is 16.1. The molecule has 0 heterocycles. The molecule has 0 aromatic heterocycles. The Morgan fingerprint density at radius 2 is 2.10 bits per heavy atom. The van der Waals surface area contributed by atoms with Crippen molar-refractivity contribution in [2.75, 3.05) is 0 Å². The maximum Gasteiger partial charge on any atom is 0.161 e. The van der Waals surface area contributed by atoms with Crippen molar-refractivity contribution in [2.45, 2.75) is 26.7 Å². The third-order valence-corrected chi connectivity index (χ3v) is 2.16. The molecule has 1 saturated carbocycles. The summed E-state index contributed by atoms with van der Waals surface area (Å²) in [4.78, 5) is 11.2. The lowest BCUT2D eigenvalue weighted by molar-refractivity contribution is -0.119. The first-order valence-corrected chi connectivity index (χ1v) is 3.82. The molecule has 0 aromatic carbocycles. The van der Waals surface area contributed by atoms with Gasteiger partial charge in [0.2, 0.25) is 0 Å². The highest BCUT2D eigenvalue weighted by molar-refractivity contribution is 5.96. The molecular weight excluding hydrogens is 124 g/mol. The number of ketones is 1. The fraction of sp³-hybridized carbons (Fsp3) is 0.667. The molecule has 0 amide bonds. The molecule has 1 fully saturated rings. The van der Waals surface area contributed by atoms with Gasteiger partial charge in [-0.3, -0.25) is 4.79 Å². The molecule has 1 rings (SSSR count). The van der Waals surface area contributed by atoms with Gasteiger partial charge in [-0.25, -0.2) is 0 Å². The van der Waals surface area contributed by atoms with Gasteiger partial charge in [-0.05, 0) is 31.3 Å². The number of hydrogen-bond donors (Lipinski definition) is 0. The Labute approximate surface area is 62.1 Å². The largest absolute Gasteiger partial charge is 0.294 e. The standard InChI is InChI=1S/C9H14O/c1-6(2)9(10)7(3)8-4-5-8/h7-8H,1,4-5H2,2-3H3. The highest BCUT2D eigenvalue weighted by Crippen LogP contribution is 2.37. The van der Waals surface area contributed by atoms with Gasteiger partial charge in [-0.2, -0.15) is 0 Å². The fourth-order valence-corrected chi connectivity index (χ4v) is 1.20. The van der Waals surface area contributed by atoms with Crippen molar-refractivity contribution in [3.05, 3.63) is 12.2 Å². The first-order valence-electron chi connectivity index (χ1n) is 3.82. The summed E-state index contributed by atoms with van der Waals surface area (Å²) < 4.78 is 0. The van der Waals surface area contributed by atoms with Crippen LogP contribution in [0.4, 0.5) is 0 Å². The van der Waals surface area contributed by atoms with Crippen LogP contribution in [0.1, 0.15) is 26.7 Å².